The molecule has 30 heavy (non-hydrogen) atoms. The largest absolute Gasteiger partial charge is 0.324 e. The Kier molecular flexibility index (Phi) is 7.44. The fourth-order valence-electron chi connectivity index (χ4n) is 3.34. The van der Waals surface area contributed by atoms with E-state index in [9.17, 15) is 9.59 Å². The summed E-state index contributed by atoms with van der Waals surface area (Å²) in [5.74, 6) is 0.963. The number of para-hydroxylation sites is 1. The van der Waals surface area contributed by atoms with Crippen molar-refractivity contribution in [1.29, 1.82) is 0 Å². The van der Waals surface area contributed by atoms with Gasteiger partial charge < -0.3 is 10.3 Å². The Bertz CT molecular complexity index is 1110. The number of benzene rings is 1. The Hall–Kier alpha value is -2.03. The molecule has 0 radical (unpaired) electrons. The van der Waals surface area contributed by atoms with Gasteiger partial charge in [-0.15, -0.1) is 11.3 Å². The van der Waals surface area contributed by atoms with E-state index in [4.69, 9.17) is 0 Å². The fraction of sp³-hybridized carbons (Fsp3) is 0.409. The van der Waals surface area contributed by atoms with Crippen LogP contribution in [0.1, 0.15) is 36.5 Å². The third kappa shape index (κ3) is 5.36. The Morgan fingerprint density at radius 2 is 2.10 bits per heavy atom. The number of nitrogens with one attached hydrogen (secondary N) is 2. The Balaban J connectivity index is 1.72. The molecule has 0 aliphatic carbocycles. The summed E-state index contributed by atoms with van der Waals surface area (Å²) < 4.78 is 0.832. The van der Waals surface area contributed by atoms with Crippen molar-refractivity contribution < 1.29 is 4.79 Å². The third-order valence-electron chi connectivity index (χ3n) is 5.14. The number of thiophene rings is 1. The Morgan fingerprint density at radius 3 is 2.80 bits per heavy atom. The maximum atomic E-state index is 12.8. The van der Waals surface area contributed by atoms with Crippen LogP contribution in [0.2, 0.25) is 0 Å². The lowest BCUT2D eigenvalue weighted by Crippen LogP contribution is -2.31. The van der Waals surface area contributed by atoms with E-state index in [0.29, 0.717) is 18.3 Å². The highest BCUT2D eigenvalue weighted by Crippen LogP contribution is 2.29. The number of rotatable bonds is 8. The van der Waals surface area contributed by atoms with Gasteiger partial charge in [0, 0.05) is 9.35 Å². The number of aryl methyl sites for hydroxylation is 1. The van der Waals surface area contributed by atoms with Crippen LogP contribution in [0.4, 0.5) is 5.69 Å². The van der Waals surface area contributed by atoms with Gasteiger partial charge in [-0.2, -0.15) is 0 Å². The molecule has 1 amide bonds. The fourth-order valence-corrected chi connectivity index (χ4v) is 4.80. The van der Waals surface area contributed by atoms with Crippen molar-refractivity contribution in [2.45, 2.75) is 40.2 Å². The van der Waals surface area contributed by atoms with E-state index in [-0.39, 0.29) is 18.0 Å². The minimum absolute atomic E-state index is 0.0938. The Labute approximate surface area is 188 Å². The number of hydrogen-bond donors (Lipinski definition) is 2. The number of anilines is 1. The summed E-state index contributed by atoms with van der Waals surface area (Å²) in [5, 5.41) is 3.60. The first-order chi connectivity index (χ1) is 14.3. The smallest absolute Gasteiger partial charge is 0.259 e. The van der Waals surface area contributed by atoms with E-state index >= 15 is 0 Å². The number of aromatic amines is 1. The highest BCUT2D eigenvalue weighted by atomic mass is 79.9. The lowest BCUT2D eigenvalue weighted by atomic mass is 9.98. The van der Waals surface area contributed by atoms with E-state index in [1.165, 1.54) is 0 Å². The SMILES string of the molecule is CCC(C)Cc1c(C)sc2nc(CN(C)CC(=O)Nc3ccccc3Br)[nH]c(=O)c12. The number of carbonyl (C=O) groups excluding carboxylic acids is 1. The van der Waals surface area contributed by atoms with E-state index in [0.717, 1.165) is 43.7 Å². The van der Waals surface area contributed by atoms with Crippen molar-refractivity contribution >= 4 is 49.1 Å². The van der Waals surface area contributed by atoms with Crippen molar-refractivity contribution in [3.63, 3.8) is 0 Å². The lowest BCUT2D eigenvalue weighted by Gasteiger charge is -2.16. The number of H-pyrrole nitrogens is 1. The van der Waals surface area contributed by atoms with Crippen LogP contribution < -0.4 is 10.9 Å². The number of aromatic nitrogens is 2. The number of likely N-dealkylation sites (N-methyl/N-ethyl adjacent to an activating group) is 1. The van der Waals surface area contributed by atoms with Gasteiger partial charge in [-0.25, -0.2) is 4.98 Å². The van der Waals surface area contributed by atoms with Gasteiger partial charge in [-0.3, -0.25) is 14.5 Å². The molecule has 0 aliphatic rings. The summed E-state index contributed by atoms with van der Waals surface area (Å²) in [5.41, 5.74) is 1.75. The summed E-state index contributed by atoms with van der Waals surface area (Å²) in [6.45, 7) is 6.99. The summed E-state index contributed by atoms with van der Waals surface area (Å²) in [7, 11) is 1.83. The number of hydrogen-bond acceptors (Lipinski definition) is 5. The topological polar surface area (TPSA) is 78.1 Å². The zero-order valence-corrected chi connectivity index (χ0v) is 20.1. The van der Waals surface area contributed by atoms with Crippen molar-refractivity contribution in [3.8, 4) is 0 Å². The van der Waals surface area contributed by atoms with Gasteiger partial charge in [0.2, 0.25) is 5.91 Å². The number of nitrogens with zero attached hydrogens (tertiary/aromatic N) is 2. The molecule has 0 aliphatic heterocycles. The summed E-state index contributed by atoms with van der Waals surface area (Å²) in [4.78, 5) is 36.5. The lowest BCUT2D eigenvalue weighted by molar-refractivity contribution is -0.117. The third-order valence-corrected chi connectivity index (χ3v) is 6.88. The predicted octanol–water partition coefficient (Wildman–Crippen LogP) is 4.71. The van der Waals surface area contributed by atoms with E-state index in [2.05, 4.69) is 52.0 Å². The predicted molar refractivity (Wildman–Crippen MR) is 127 cm³/mol. The molecule has 160 valence electrons. The average Bonchev–Trinajstić information content (AvgIpc) is 2.98. The van der Waals surface area contributed by atoms with Crippen molar-refractivity contribution in [2.75, 3.05) is 18.9 Å². The highest BCUT2D eigenvalue weighted by molar-refractivity contribution is 9.10. The molecule has 1 unspecified atom stereocenters. The van der Waals surface area contributed by atoms with Gasteiger partial charge in [-0.1, -0.05) is 32.4 Å². The maximum Gasteiger partial charge on any atom is 0.259 e. The van der Waals surface area contributed by atoms with Crippen molar-refractivity contribution in [1.82, 2.24) is 14.9 Å². The van der Waals surface area contributed by atoms with Crippen LogP contribution in [-0.2, 0) is 17.8 Å². The summed E-state index contributed by atoms with van der Waals surface area (Å²) >= 11 is 5.00. The molecule has 6 nitrogen and oxygen atoms in total. The number of amides is 1. The zero-order valence-electron chi connectivity index (χ0n) is 17.7. The normalized spacial score (nSPS) is 12.5. The van der Waals surface area contributed by atoms with Gasteiger partial charge in [0.15, 0.2) is 0 Å². The molecule has 0 fully saturated rings. The molecule has 2 heterocycles. The Morgan fingerprint density at radius 1 is 1.37 bits per heavy atom. The van der Waals surface area contributed by atoms with Crippen molar-refractivity contribution in [2.24, 2.45) is 5.92 Å². The molecule has 2 aromatic heterocycles. The molecule has 0 bridgehead atoms. The van der Waals surface area contributed by atoms with Crippen LogP contribution in [0, 0.1) is 12.8 Å². The van der Waals surface area contributed by atoms with Gasteiger partial charge in [0.1, 0.15) is 10.7 Å². The van der Waals surface area contributed by atoms with Gasteiger partial charge in [-0.05, 0) is 59.9 Å². The van der Waals surface area contributed by atoms with E-state index in [1.54, 1.807) is 11.3 Å². The van der Waals surface area contributed by atoms with Crippen LogP contribution in [0.5, 0.6) is 0 Å². The summed E-state index contributed by atoms with van der Waals surface area (Å²) in [6, 6.07) is 7.48. The second-order valence-electron chi connectivity index (χ2n) is 7.75. The molecule has 1 atom stereocenters. The zero-order chi connectivity index (χ0) is 21.8. The molecule has 0 saturated carbocycles. The molecular formula is C22H27BrN4O2S. The monoisotopic (exact) mass is 490 g/mol. The molecule has 3 rings (SSSR count). The average molecular weight is 491 g/mol. The number of carbonyl (C=O) groups is 1. The van der Waals surface area contributed by atoms with Gasteiger partial charge in [0.25, 0.3) is 5.56 Å². The minimum Gasteiger partial charge on any atom is -0.324 e. The van der Waals surface area contributed by atoms with Gasteiger partial charge in [0.05, 0.1) is 24.2 Å². The minimum atomic E-state index is -0.129. The molecular weight excluding hydrogens is 464 g/mol. The van der Waals surface area contributed by atoms with E-state index < -0.39 is 0 Å². The van der Waals surface area contributed by atoms with Crippen LogP contribution in [-0.4, -0.2) is 34.4 Å². The molecule has 8 heteroatoms. The van der Waals surface area contributed by atoms with Gasteiger partial charge >= 0.3 is 0 Å². The molecule has 1 aromatic carbocycles. The number of fused-ring (bicyclic) bond motifs is 1. The second-order valence-corrected chi connectivity index (χ2v) is 9.80. The number of halogens is 1. The van der Waals surface area contributed by atoms with Crippen LogP contribution in [0.3, 0.4) is 0 Å². The first kappa shape index (κ1) is 22.7. The first-order valence-corrected chi connectivity index (χ1v) is 11.6. The van der Waals surface area contributed by atoms with Crippen LogP contribution in [0.15, 0.2) is 33.5 Å². The van der Waals surface area contributed by atoms with Crippen LogP contribution in [0.25, 0.3) is 10.2 Å². The first-order valence-electron chi connectivity index (χ1n) is 10.0. The quantitative estimate of drug-likeness (QED) is 0.478. The van der Waals surface area contributed by atoms with E-state index in [1.807, 2.05) is 36.2 Å². The highest BCUT2D eigenvalue weighted by Gasteiger charge is 2.17. The standard InChI is InChI=1S/C22H27BrN4O2S/c1-5-13(2)10-15-14(3)30-22-20(15)21(29)25-18(26-22)11-27(4)12-19(28)24-17-9-7-6-8-16(17)23/h6-9,13H,5,10-12H2,1-4H3,(H,24,28)(H,25,26,29). The van der Waals surface area contributed by atoms with Crippen LogP contribution >= 0.6 is 27.3 Å². The summed E-state index contributed by atoms with van der Waals surface area (Å²) in [6.07, 6.45) is 1.97. The molecule has 0 saturated heterocycles. The second kappa shape index (κ2) is 9.85. The molecule has 3 aromatic rings. The molecule has 2 N–H and O–H groups in total. The molecule has 0 spiro atoms. The maximum absolute atomic E-state index is 12.8. The van der Waals surface area contributed by atoms with Crippen molar-refractivity contribution in [3.05, 3.63) is 55.4 Å².